The number of ether oxygens (including phenoxy) is 1. The number of anilines is 1. The predicted octanol–water partition coefficient (Wildman–Crippen LogP) is 2.18. The largest absolute Gasteiger partial charge is 0.495 e. The Hall–Kier alpha value is -1.32. The lowest BCUT2D eigenvalue weighted by Gasteiger charge is -2.15. The number of aliphatic carboxylic acids is 1. The number of carbonyl (C=O) groups is 2. The van der Waals surface area contributed by atoms with Gasteiger partial charge < -0.3 is 25.6 Å². The molecule has 0 aliphatic carbocycles. The molecule has 1 rings (SSSR count). The Bertz CT molecular complexity index is 539. The van der Waals surface area contributed by atoms with Crippen LogP contribution in [-0.4, -0.2) is 42.0 Å². The molecule has 1 aromatic carbocycles. The van der Waals surface area contributed by atoms with Gasteiger partial charge in [0.1, 0.15) is 11.8 Å². The van der Waals surface area contributed by atoms with Gasteiger partial charge in [-0.15, -0.1) is 0 Å². The minimum atomic E-state index is -1.22. The van der Waals surface area contributed by atoms with Gasteiger partial charge in [0.05, 0.1) is 17.3 Å². The quantitative estimate of drug-likeness (QED) is 0.558. The molecule has 2 amide bonds. The van der Waals surface area contributed by atoms with E-state index in [0.717, 1.165) is 0 Å². The van der Waals surface area contributed by atoms with Crippen molar-refractivity contribution in [1.82, 2.24) is 5.32 Å². The van der Waals surface area contributed by atoms with Crippen molar-refractivity contribution in [2.45, 2.75) is 12.5 Å². The summed E-state index contributed by atoms with van der Waals surface area (Å²) in [6.45, 7) is -0.340. The van der Waals surface area contributed by atoms with Crippen LogP contribution < -0.4 is 15.4 Å². The van der Waals surface area contributed by atoms with E-state index in [4.69, 9.17) is 14.9 Å². The summed E-state index contributed by atoms with van der Waals surface area (Å²) in [6.07, 6.45) is -0.0758. The highest BCUT2D eigenvalue weighted by molar-refractivity contribution is 9.11. The van der Waals surface area contributed by atoms with E-state index in [1.54, 1.807) is 12.1 Å². The number of hydrogen-bond donors (Lipinski definition) is 4. The molecule has 7 nitrogen and oxygen atoms in total. The van der Waals surface area contributed by atoms with Crippen LogP contribution in [-0.2, 0) is 4.79 Å². The van der Waals surface area contributed by atoms with Gasteiger partial charge in [0.15, 0.2) is 0 Å². The minimum absolute atomic E-state index is 0.0758. The zero-order chi connectivity index (χ0) is 16.0. The molecule has 1 atom stereocenters. The molecule has 0 spiro atoms. The lowest BCUT2D eigenvalue weighted by Crippen LogP contribution is -2.43. The highest BCUT2D eigenvalue weighted by Gasteiger charge is 2.20. The molecule has 1 unspecified atom stereocenters. The topological polar surface area (TPSA) is 108 Å². The molecule has 1 aromatic rings. The van der Waals surface area contributed by atoms with Gasteiger partial charge in [-0.1, -0.05) is 0 Å². The number of aliphatic hydroxyl groups excluding tert-OH is 1. The van der Waals surface area contributed by atoms with Gasteiger partial charge in [-0.3, -0.25) is 0 Å². The Balaban J connectivity index is 2.81. The maximum absolute atomic E-state index is 11.8. The van der Waals surface area contributed by atoms with Crippen molar-refractivity contribution in [2.75, 3.05) is 19.0 Å². The molecule has 0 saturated heterocycles. The number of amides is 2. The number of urea groups is 1. The SMILES string of the molecule is COc1cc(NC(=O)NC(CCO)C(=O)O)c(Br)cc1Br. The van der Waals surface area contributed by atoms with E-state index in [1.807, 2.05) is 0 Å². The molecule has 0 fully saturated rings. The number of aliphatic hydroxyl groups is 1. The number of carboxylic acids is 1. The fourth-order valence-corrected chi connectivity index (χ4v) is 2.74. The summed E-state index contributed by atoms with van der Waals surface area (Å²) >= 11 is 6.58. The summed E-state index contributed by atoms with van der Waals surface area (Å²) in [5.41, 5.74) is 0.417. The average molecular weight is 426 g/mol. The second-order valence-corrected chi connectivity index (χ2v) is 5.68. The van der Waals surface area contributed by atoms with Gasteiger partial charge in [0.2, 0.25) is 0 Å². The van der Waals surface area contributed by atoms with Crippen molar-refractivity contribution in [3.8, 4) is 5.75 Å². The molecule has 0 bridgehead atoms. The minimum Gasteiger partial charge on any atom is -0.495 e. The van der Waals surface area contributed by atoms with Gasteiger partial charge in [-0.25, -0.2) is 9.59 Å². The van der Waals surface area contributed by atoms with E-state index >= 15 is 0 Å². The van der Waals surface area contributed by atoms with Gasteiger partial charge in [0, 0.05) is 23.6 Å². The standard InChI is InChI=1S/C12H14Br2N2O5/c1-21-10-5-9(6(13)4-7(10)14)16-12(20)15-8(2-3-17)11(18)19/h4-5,8,17H,2-3H2,1H3,(H,18,19)(H2,15,16,20). The van der Waals surface area contributed by atoms with Crippen molar-refractivity contribution in [3.63, 3.8) is 0 Å². The molecule has 9 heteroatoms. The van der Waals surface area contributed by atoms with Crippen molar-refractivity contribution >= 4 is 49.5 Å². The van der Waals surface area contributed by atoms with Gasteiger partial charge in [-0.2, -0.15) is 0 Å². The Morgan fingerprint density at radius 1 is 1.33 bits per heavy atom. The molecule has 0 aromatic heterocycles. The van der Waals surface area contributed by atoms with Crippen LogP contribution in [0.15, 0.2) is 21.1 Å². The van der Waals surface area contributed by atoms with Crippen LogP contribution in [0.25, 0.3) is 0 Å². The summed E-state index contributed by atoms with van der Waals surface area (Å²) in [5, 5.41) is 22.4. The second-order valence-electron chi connectivity index (χ2n) is 3.97. The first-order chi connectivity index (χ1) is 9.88. The lowest BCUT2D eigenvalue weighted by molar-refractivity contribution is -0.139. The highest BCUT2D eigenvalue weighted by Crippen LogP contribution is 2.34. The molecule has 0 heterocycles. The molecular weight excluding hydrogens is 412 g/mol. The summed E-state index contributed by atoms with van der Waals surface area (Å²) in [6, 6.07) is 1.42. The summed E-state index contributed by atoms with van der Waals surface area (Å²) in [5.74, 6) is -0.703. The smallest absolute Gasteiger partial charge is 0.326 e. The molecule has 0 aliphatic rings. The van der Waals surface area contributed by atoms with Crippen LogP contribution >= 0.6 is 31.9 Å². The summed E-state index contributed by atoms with van der Waals surface area (Å²) in [4.78, 5) is 22.7. The van der Waals surface area contributed by atoms with E-state index in [9.17, 15) is 9.59 Å². The zero-order valence-electron chi connectivity index (χ0n) is 11.0. The molecule has 116 valence electrons. The fourth-order valence-electron chi connectivity index (χ4n) is 1.48. The van der Waals surface area contributed by atoms with Crippen molar-refractivity contribution in [3.05, 3.63) is 21.1 Å². The van der Waals surface area contributed by atoms with Crippen LogP contribution in [0.4, 0.5) is 10.5 Å². The van der Waals surface area contributed by atoms with Crippen LogP contribution in [0.3, 0.4) is 0 Å². The van der Waals surface area contributed by atoms with Gasteiger partial charge in [-0.05, 0) is 37.9 Å². The molecule has 0 saturated carbocycles. The lowest BCUT2D eigenvalue weighted by atomic mass is 10.2. The third kappa shape index (κ3) is 5.18. The highest BCUT2D eigenvalue weighted by atomic mass is 79.9. The number of nitrogens with one attached hydrogen (secondary N) is 2. The van der Waals surface area contributed by atoms with Crippen molar-refractivity contribution in [1.29, 1.82) is 0 Å². The van der Waals surface area contributed by atoms with E-state index in [2.05, 4.69) is 42.5 Å². The first-order valence-electron chi connectivity index (χ1n) is 5.83. The third-order valence-electron chi connectivity index (χ3n) is 2.51. The number of methoxy groups -OCH3 is 1. The Kier molecular flexibility index (Phi) is 6.93. The molecule has 21 heavy (non-hydrogen) atoms. The first kappa shape index (κ1) is 17.7. The van der Waals surface area contributed by atoms with Crippen molar-refractivity contribution < 1.29 is 24.5 Å². The maximum Gasteiger partial charge on any atom is 0.326 e. The second kappa shape index (κ2) is 8.20. The van der Waals surface area contributed by atoms with E-state index < -0.39 is 18.0 Å². The monoisotopic (exact) mass is 424 g/mol. The molecule has 4 N–H and O–H groups in total. The zero-order valence-corrected chi connectivity index (χ0v) is 14.2. The van der Waals surface area contributed by atoms with E-state index in [0.29, 0.717) is 20.4 Å². The maximum atomic E-state index is 11.8. The molecule has 0 radical (unpaired) electrons. The predicted molar refractivity (Wildman–Crippen MR) is 83.7 cm³/mol. The fraction of sp³-hybridized carbons (Fsp3) is 0.333. The number of rotatable bonds is 6. The van der Waals surface area contributed by atoms with Gasteiger partial charge in [0.25, 0.3) is 0 Å². The summed E-state index contributed by atoms with van der Waals surface area (Å²) < 4.78 is 6.41. The molecular formula is C12H14Br2N2O5. The van der Waals surface area contributed by atoms with Crippen LogP contribution in [0.2, 0.25) is 0 Å². The third-order valence-corrected chi connectivity index (χ3v) is 3.79. The Morgan fingerprint density at radius 3 is 2.52 bits per heavy atom. The van der Waals surface area contributed by atoms with Crippen LogP contribution in [0.5, 0.6) is 5.75 Å². The average Bonchev–Trinajstić information content (AvgIpc) is 2.41. The van der Waals surface area contributed by atoms with E-state index in [-0.39, 0.29) is 13.0 Å². The number of hydrogen-bond acceptors (Lipinski definition) is 4. The number of carbonyl (C=O) groups excluding carboxylic acids is 1. The first-order valence-corrected chi connectivity index (χ1v) is 7.41. The summed E-state index contributed by atoms with van der Waals surface area (Å²) in [7, 11) is 1.49. The Morgan fingerprint density at radius 2 is 2.00 bits per heavy atom. The number of halogens is 2. The normalized spacial score (nSPS) is 11.6. The van der Waals surface area contributed by atoms with E-state index in [1.165, 1.54) is 7.11 Å². The number of carboxylic acid groups (broad SMARTS) is 1. The van der Waals surface area contributed by atoms with Crippen LogP contribution in [0, 0.1) is 0 Å². The van der Waals surface area contributed by atoms with Crippen molar-refractivity contribution in [2.24, 2.45) is 0 Å². The van der Waals surface area contributed by atoms with Crippen LogP contribution in [0.1, 0.15) is 6.42 Å². The molecule has 0 aliphatic heterocycles. The Labute approximate surface area is 137 Å². The number of benzene rings is 1. The van der Waals surface area contributed by atoms with Gasteiger partial charge >= 0.3 is 12.0 Å².